The number of carbonyl (C=O) groups excluding carboxylic acids is 1. The predicted molar refractivity (Wildman–Crippen MR) is 79.2 cm³/mol. The van der Waals surface area contributed by atoms with Crippen LogP contribution in [0.25, 0.3) is 0 Å². The van der Waals surface area contributed by atoms with Gasteiger partial charge < -0.3 is 4.74 Å². The molecule has 0 atom stereocenters. The molecule has 0 saturated heterocycles. The number of esters is 1. The molecule has 0 N–H and O–H groups in total. The number of thioether (sulfide) groups is 1. The fourth-order valence-electron chi connectivity index (χ4n) is 5.39. The minimum absolute atomic E-state index is 0.0340. The van der Waals surface area contributed by atoms with Gasteiger partial charge in [-0.25, -0.2) is 0 Å². The molecule has 3 heteroatoms. The van der Waals surface area contributed by atoms with E-state index in [9.17, 15) is 4.79 Å². The van der Waals surface area contributed by atoms with E-state index in [0.29, 0.717) is 5.75 Å². The summed E-state index contributed by atoms with van der Waals surface area (Å²) in [5, 5.41) is 0. The topological polar surface area (TPSA) is 26.3 Å². The van der Waals surface area contributed by atoms with Crippen LogP contribution in [-0.2, 0) is 9.53 Å². The monoisotopic (exact) mass is 282 g/mol. The van der Waals surface area contributed by atoms with Crippen LogP contribution in [-0.4, -0.2) is 23.6 Å². The third kappa shape index (κ3) is 2.32. The lowest BCUT2D eigenvalue weighted by Crippen LogP contribution is -2.57. The van der Waals surface area contributed by atoms with E-state index in [0.717, 1.165) is 17.8 Å². The highest BCUT2D eigenvalue weighted by atomic mass is 32.2. The van der Waals surface area contributed by atoms with E-state index in [2.05, 4.69) is 13.8 Å². The van der Waals surface area contributed by atoms with E-state index in [1.165, 1.54) is 38.5 Å². The maximum atomic E-state index is 11.9. The molecule has 0 aliphatic heterocycles. The van der Waals surface area contributed by atoms with Crippen LogP contribution in [0.2, 0.25) is 0 Å². The Bertz CT molecular complexity index is 340. The standard InChI is InChI=1S/C16H26O2S/c1-15(2,18-14(17)10-19-3)16-7-11-4-12(8-16)6-13(5-11)9-16/h11-13H,4-10H2,1-3H3. The zero-order chi connectivity index (χ0) is 13.7. The Hall–Kier alpha value is -0.180. The van der Waals surface area contributed by atoms with E-state index >= 15 is 0 Å². The van der Waals surface area contributed by atoms with Gasteiger partial charge in [-0.05, 0) is 76.4 Å². The van der Waals surface area contributed by atoms with Gasteiger partial charge in [-0.1, -0.05) is 0 Å². The van der Waals surface area contributed by atoms with Gasteiger partial charge in [0.2, 0.25) is 0 Å². The third-order valence-electron chi connectivity index (χ3n) is 5.95. The zero-order valence-corrected chi connectivity index (χ0v) is 13.2. The SMILES string of the molecule is CSCC(=O)OC(C)(C)C12CC3CC(CC(C3)C1)C2. The first kappa shape index (κ1) is 13.8. The van der Waals surface area contributed by atoms with Gasteiger partial charge >= 0.3 is 5.97 Å². The van der Waals surface area contributed by atoms with Crippen molar-refractivity contribution >= 4 is 17.7 Å². The lowest BCUT2D eigenvalue weighted by molar-refractivity contribution is -0.196. The summed E-state index contributed by atoms with van der Waals surface area (Å²) in [4.78, 5) is 11.9. The molecule has 4 aliphatic rings. The van der Waals surface area contributed by atoms with E-state index in [-0.39, 0.29) is 17.0 Å². The summed E-state index contributed by atoms with van der Waals surface area (Å²) in [6.07, 6.45) is 10.1. The molecular weight excluding hydrogens is 256 g/mol. The highest BCUT2D eigenvalue weighted by molar-refractivity contribution is 7.99. The molecule has 4 bridgehead atoms. The molecule has 108 valence electrons. The predicted octanol–water partition coefficient (Wildman–Crippen LogP) is 3.89. The molecule has 0 heterocycles. The number of rotatable bonds is 4. The average Bonchev–Trinajstić information content (AvgIpc) is 2.26. The van der Waals surface area contributed by atoms with E-state index in [1.807, 2.05) is 6.26 Å². The molecule has 0 amide bonds. The fraction of sp³-hybridized carbons (Fsp3) is 0.938. The van der Waals surface area contributed by atoms with Crippen molar-refractivity contribution in [2.45, 2.75) is 58.0 Å². The first-order valence-corrected chi connectivity index (χ1v) is 9.04. The summed E-state index contributed by atoms with van der Waals surface area (Å²) in [5.74, 6) is 3.17. The molecule has 0 unspecified atom stereocenters. The van der Waals surface area contributed by atoms with Gasteiger partial charge in [0.1, 0.15) is 5.60 Å². The molecule has 0 spiro atoms. The zero-order valence-electron chi connectivity index (χ0n) is 12.4. The van der Waals surface area contributed by atoms with Crippen molar-refractivity contribution in [3.8, 4) is 0 Å². The molecule has 4 saturated carbocycles. The minimum Gasteiger partial charge on any atom is -0.458 e. The summed E-state index contributed by atoms with van der Waals surface area (Å²) in [5.41, 5.74) is -0.00829. The van der Waals surface area contributed by atoms with Crippen molar-refractivity contribution in [3.05, 3.63) is 0 Å². The smallest absolute Gasteiger partial charge is 0.316 e. The Morgan fingerprint density at radius 1 is 1.16 bits per heavy atom. The second-order valence-corrected chi connectivity index (χ2v) is 8.48. The van der Waals surface area contributed by atoms with Crippen LogP contribution in [0.4, 0.5) is 0 Å². The van der Waals surface area contributed by atoms with Crippen molar-refractivity contribution in [2.75, 3.05) is 12.0 Å². The quantitative estimate of drug-likeness (QED) is 0.732. The van der Waals surface area contributed by atoms with Crippen LogP contribution in [0.5, 0.6) is 0 Å². The molecule has 0 radical (unpaired) electrons. The molecule has 19 heavy (non-hydrogen) atoms. The number of hydrogen-bond donors (Lipinski definition) is 0. The van der Waals surface area contributed by atoms with Crippen LogP contribution < -0.4 is 0 Å². The Morgan fingerprint density at radius 2 is 1.63 bits per heavy atom. The van der Waals surface area contributed by atoms with Crippen molar-refractivity contribution in [1.82, 2.24) is 0 Å². The van der Waals surface area contributed by atoms with Crippen LogP contribution in [0.1, 0.15) is 52.4 Å². The molecule has 0 aromatic heterocycles. The van der Waals surface area contributed by atoms with Gasteiger partial charge in [-0.3, -0.25) is 4.79 Å². The molecule has 4 aliphatic carbocycles. The number of ether oxygens (including phenoxy) is 1. The lowest BCUT2D eigenvalue weighted by Gasteiger charge is -2.61. The summed E-state index contributed by atoms with van der Waals surface area (Å²) >= 11 is 1.55. The van der Waals surface area contributed by atoms with Gasteiger partial charge in [-0.15, -0.1) is 0 Å². The second kappa shape index (κ2) is 4.68. The summed E-state index contributed by atoms with van der Waals surface area (Å²) in [6, 6.07) is 0. The van der Waals surface area contributed by atoms with Crippen LogP contribution in [0, 0.1) is 23.2 Å². The van der Waals surface area contributed by atoms with Crippen molar-refractivity contribution in [3.63, 3.8) is 0 Å². The number of carbonyl (C=O) groups is 1. The summed E-state index contributed by atoms with van der Waals surface area (Å²) < 4.78 is 5.90. The Morgan fingerprint density at radius 3 is 2.05 bits per heavy atom. The first-order chi connectivity index (χ1) is 8.94. The maximum absolute atomic E-state index is 11.9. The van der Waals surface area contributed by atoms with E-state index in [1.54, 1.807) is 11.8 Å². The van der Waals surface area contributed by atoms with E-state index < -0.39 is 0 Å². The summed E-state index contributed by atoms with van der Waals surface area (Å²) in [6.45, 7) is 4.33. The van der Waals surface area contributed by atoms with Gasteiger partial charge in [0.25, 0.3) is 0 Å². The maximum Gasteiger partial charge on any atom is 0.316 e. The lowest BCUT2D eigenvalue weighted by atomic mass is 9.46. The molecule has 2 nitrogen and oxygen atoms in total. The van der Waals surface area contributed by atoms with Crippen LogP contribution in [0.15, 0.2) is 0 Å². The van der Waals surface area contributed by atoms with Gasteiger partial charge in [0, 0.05) is 5.41 Å². The van der Waals surface area contributed by atoms with Gasteiger partial charge in [0.15, 0.2) is 0 Å². The molecule has 4 fully saturated rings. The molecular formula is C16H26O2S. The molecule has 0 aromatic rings. The van der Waals surface area contributed by atoms with Gasteiger partial charge in [-0.2, -0.15) is 11.8 Å². The van der Waals surface area contributed by atoms with Crippen molar-refractivity contribution in [1.29, 1.82) is 0 Å². The Kier molecular flexibility index (Phi) is 3.40. The number of hydrogen-bond acceptors (Lipinski definition) is 3. The average molecular weight is 282 g/mol. The molecule has 4 rings (SSSR count). The molecule has 0 aromatic carbocycles. The third-order valence-corrected chi connectivity index (χ3v) is 6.47. The largest absolute Gasteiger partial charge is 0.458 e. The van der Waals surface area contributed by atoms with Crippen LogP contribution >= 0.6 is 11.8 Å². The van der Waals surface area contributed by atoms with Crippen molar-refractivity contribution in [2.24, 2.45) is 23.2 Å². The fourth-order valence-corrected chi connectivity index (χ4v) is 5.68. The van der Waals surface area contributed by atoms with Gasteiger partial charge in [0.05, 0.1) is 5.75 Å². The Labute approximate surface area is 121 Å². The summed E-state index contributed by atoms with van der Waals surface area (Å²) in [7, 11) is 0. The second-order valence-electron chi connectivity index (χ2n) is 7.62. The van der Waals surface area contributed by atoms with Crippen LogP contribution in [0.3, 0.4) is 0 Å². The highest BCUT2D eigenvalue weighted by Crippen LogP contribution is 2.64. The highest BCUT2D eigenvalue weighted by Gasteiger charge is 2.58. The first-order valence-electron chi connectivity index (χ1n) is 7.65. The minimum atomic E-state index is -0.282. The Balaban J connectivity index is 1.78. The van der Waals surface area contributed by atoms with Crippen molar-refractivity contribution < 1.29 is 9.53 Å². The normalized spacial score (nSPS) is 40.5. The van der Waals surface area contributed by atoms with E-state index in [4.69, 9.17) is 4.74 Å².